The lowest BCUT2D eigenvalue weighted by atomic mass is 10.1. The molecule has 7 heteroatoms. The Balaban J connectivity index is 1.69. The van der Waals surface area contributed by atoms with Crippen LogP contribution in [0.3, 0.4) is 0 Å². The van der Waals surface area contributed by atoms with Crippen molar-refractivity contribution in [3.8, 4) is 11.4 Å². The Bertz CT molecular complexity index is 890. The van der Waals surface area contributed by atoms with Gasteiger partial charge in [0.05, 0.1) is 0 Å². The zero-order valence-corrected chi connectivity index (χ0v) is 14.9. The van der Waals surface area contributed by atoms with E-state index in [1.165, 1.54) is 4.80 Å². The molecule has 1 N–H and O–H groups in total. The first kappa shape index (κ1) is 16.3. The number of halogens is 1. The van der Waals surface area contributed by atoms with Gasteiger partial charge in [-0.3, -0.25) is 4.79 Å². The maximum Gasteiger partial charge on any atom is 0.248 e. The van der Waals surface area contributed by atoms with Crippen molar-refractivity contribution in [2.75, 3.05) is 5.32 Å². The molecule has 3 rings (SSSR count). The molecule has 0 saturated heterocycles. The fourth-order valence-electron chi connectivity index (χ4n) is 2.24. The van der Waals surface area contributed by atoms with Gasteiger partial charge in [0.25, 0.3) is 0 Å². The fraction of sp³-hybridized carbons (Fsp3) is 0.176. The lowest BCUT2D eigenvalue weighted by molar-refractivity contribution is -0.117. The average molecular weight is 386 g/mol. The van der Waals surface area contributed by atoms with Gasteiger partial charge in [0.15, 0.2) is 0 Å². The molecule has 0 fully saturated rings. The van der Waals surface area contributed by atoms with Crippen molar-refractivity contribution in [3.05, 3.63) is 58.1 Å². The number of hydrogen-bond donors (Lipinski definition) is 1. The summed E-state index contributed by atoms with van der Waals surface area (Å²) in [5, 5.41) is 15.1. The number of carbonyl (C=O) groups excluding carboxylic acids is 1. The SMILES string of the molecule is Cc1ccc(NC(=O)Cn2nnc(-c3ccccc3C)n2)cc1Br. The molecular weight excluding hydrogens is 370 g/mol. The van der Waals surface area contributed by atoms with Crippen molar-refractivity contribution >= 4 is 27.5 Å². The Morgan fingerprint density at radius 1 is 1.17 bits per heavy atom. The molecule has 0 spiro atoms. The summed E-state index contributed by atoms with van der Waals surface area (Å²) in [6, 6.07) is 13.4. The van der Waals surface area contributed by atoms with Crippen molar-refractivity contribution < 1.29 is 4.79 Å². The van der Waals surface area contributed by atoms with Crippen LogP contribution >= 0.6 is 15.9 Å². The van der Waals surface area contributed by atoms with Gasteiger partial charge in [-0.2, -0.15) is 4.80 Å². The molecule has 1 heterocycles. The second kappa shape index (κ2) is 6.92. The molecule has 1 aromatic heterocycles. The predicted octanol–water partition coefficient (Wildman–Crippen LogP) is 3.36. The summed E-state index contributed by atoms with van der Waals surface area (Å²) in [4.78, 5) is 13.4. The van der Waals surface area contributed by atoms with E-state index in [1.54, 1.807) is 0 Å². The van der Waals surface area contributed by atoms with E-state index in [0.717, 1.165) is 26.9 Å². The van der Waals surface area contributed by atoms with Crippen LogP contribution < -0.4 is 5.32 Å². The minimum absolute atomic E-state index is 0.00434. The van der Waals surface area contributed by atoms with Gasteiger partial charge in [-0.15, -0.1) is 10.2 Å². The van der Waals surface area contributed by atoms with E-state index in [0.29, 0.717) is 5.82 Å². The maximum absolute atomic E-state index is 12.1. The number of tetrazole rings is 1. The quantitative estimate of drug-likeness (QED) is 0.747. The molecule has 2 aromatic carbocycles. The molecular formula is C17H16BrN5O. The number of aryl methyl sites for hydroxylation is 2. The van der Waals surface area contributed by atoms with E-state index < -0.39 is 0 Å². The highest BCUT2D eigenvalue weighted by Crippen LogP contribution is 2.21. The third-order valence-electron chi connectivity index (χ3n) is 3.58. The first-order valence-electron chi connectivity index (χ1n) is 7.43. The van der Waals surface area contributed by atoms with Crippen LogP contribution in [-0.2, 0) is 11.3 Å². The van der Waals surface area contributed by atoms with Gasteiger partial charge >= 0.3 is 0 Å². The summed E-state index contributed by atoms with van der Waals surface area (Å²) in [7, 11) is 0. The number of rotatable bonds is 4. The second-order valence-corrected chi connectivity index (χ2v) is 6.32. The topological polar surface area (TPSA) is 72.7 Å². The standard InChI is InChI=1S/C17H16BrN5O/c1-11-5-3-4-6-14(11)17-20-22-23(21-17)10-16(24)19-13-8-7-12(2)15(18)9-13/h3-9H,10H2,1-2H3,(H,19,24). The van der Waals surface area contributed by atoms with E-state index in [-0.39, 0.29) is 12.5 Å². The highest BCUT2D eigenvalue weighted by molar-refractivity contribution is 9.10. The van der Waals surface area contributed by atoms with Crippen LogP contribution in [0, 0.1) is 13.8 Å². The van der Waals surface area contributed by atoms with Gasteiger partial charge in [-0.25, -0.2) is 0 Å². The molecule has 0 bridgehead atoms. The van der Waals surface area contributed by atoms with Crippen molar-refractivity contribution in [3.63, 3.8) is 0 Å². The normalized spacial score (nSPS) is 10.6. The summed E-state index contributed by atoms with van der Waals surface area (Å²) >= 11 is 3.45. The molecule has 24 heavy (non-hydrogen) atoms. The Morgan fingerprint density at radius 2 is 1.96 bits per heavy atom. The van der Waals surface area contributed by atoms with E-state index in [4.69, 9.17) is 0 Å². The van der Waals surface area contributed by atoms with Crippen molar-refractivity contribution in [2.45, 2.75) is 20.4 Å². The molecule has 0 radical (unpaired) electrons. The Kier molecular flexibility index (Phi) is 4.71. The lowest BCUT2D eigenvalue weighted by Crippen LogP contribution is -2.20. The molecule has 122 valence electrons. The van der Waals surface area contributed by atoms with E-state index in [1.807, 2.05) is 56.3 Å². The van der Waals surface area contributed by atoms with E-state index in [2.05, 4.69) is 36.7 Å². The summed E-state index contributed by atoms with van der Waals surface area (Å²) in [6.07, 6.45) is 0. The number of nitrogens with zero attached hydrogens (tertiary/aromatic N) is 4. The Morgan fingerprint density at radius 3 is 2.71 bits per heavy atom. The molecule has 0 atom stereocenters. The van der Waals surface area contributed by atoms with Gasteiger partial charge in [0.1, 0.15) is 6.54 Å². The summed E-state index contributed by atoms with van der Waals surface area (Å²) in [6.45, 7) is 3.98. The molecule has 1 amide bonds. The zero-order valence-electron chi connectivity index (χ0n) is 13.3. The van der Waals surface area contributed by atoms with Crippen LogP contribution in [0.1, 0.15) is 11.1 Å². The number of nitrogens with one attached hydrogen (secondary N) is 1. The summed E-state index contributed by atoms with van der Waals surface area (Å²) < 4.78 is 0.945. The average Bonchev–Trinajstić information content (AvgIpc) is 2.99. The smallest absolute Gasteiger partial charge is 0.248 e. The number of amides is 1. The summed E-state index contributed by atoms with van der Waals surface area (Å²) in [5.74, 6) is 0.304. The highest BCUT2D eigenvalue weighted by atomic mass is 79.9. The summed E-state index contributed by atoms with van der Waals surface area (Å²) in [5.41, 5.74) is 3.79. The van der Waals surface area contributed by atoms with Crippen LogP contribution in [-0.4, -0.2) is 26.1 Å². The Hall–Kier alpha value is -2.54. The largest absolute Gasteiger partial charge is 0.324 e. The second-order valence-electron chi connectivity index (χ2n) is 5.47. The van der Waals surface area contributed by atoms with Gasteiger partial charge < -0.3 is 5.32 Å². The number of aromatic nitrogens is 4. The third kappa shape index (κ3) is 3.68. The van der Waals surface area contributed by atoms with Gasteiger partial charge in [0, 0.05) is 15.7 Å². The predicted molar refractivity (Wildman–Crippen MR) is 95.5 cm³/mol. The third-order valence-corrected chi connectivity index (χ3v) is 4.43. The van der Waals surface area contributed by atoms with Crippen molar-refractivity contribution in [1.29, 1.82) is 0 Å². The number of carbonyl (C=O) groups is 1. The molecule has 6 nitrogen and oxygen atoms in total. The molecule has 3 aromatic rings. The first-order valence-corrected chi connectivity index (χ1v) is 8.22. The van der Waals surface area contributed by atoms with Gasteiger partial charge in [0.2, 0.25) is 11.7 Å². The molecule has 0 saturated carbocycles. The monoisotopic (exact) mass is 385 g/mol. The minimum Gasteiger partial charge on any atom is -0.324 e. The van der Waals surface area contributed by atoms with Crippen molar-refractivity contribution in [1.82, 2.24) is 20.2 Å². The molecule has 0 aliphatic heterocycles. The molecule has 0 unspecified atom stereocenters. The lowest BCUT2D eigenvalue weighted by Gasteiger charge is -2.06. The van der Waals surface area contributed by atoms with E-state index >= 15 is 0 Å². The van der Waals surface area contributed by atoms with Crippen LogP contribution in [0.25, 0.3) is 11.4 Å². The highest BCUT2D eigenvalue weighted by Gasteiger charge is 2.11. The van der Waals surface area contributed by atoms with Crippen LogP contribution in [0.2, 0.25) is 0 Å². The number of benzene rings is 2. The molecule has 0 aliphatic carbocycles. The molecule has 0 aliphatic rings. The maximum atomic E-state index is 12.1. The number of hydrogen-bond acceptors (Lipinski definition) is 4. The minimum atomic E-state index is -0.209. The van der Waals surface area contributed by atoms with E-state index in [9.17, 15) is 4.79 Å². The van der Waals surface area contributed by atoms with Gasteiger partial charge in [-0.05, 0) is 42.3 Å². The zero-order chi connectivity index (χ0) is 17.1. The Labute approximate surface area is 148 Å². The fourth-order valence-corrected chi connectivity index (χ4v) is 2.62. The number of anilines is 1. The first-order chi connectivity index (χ1) is 11.5. The van der Waals surface area contributed by atoms with Gasteiger partial charge in [-0.1, -0.05) is 46.3 Å². The van der Waals surface area contributed by atoms with Crippen LogP contribution in [0.5, 0.6) is 0 Å². The van der Waals surface area contributed by atoms with Crippen LogP contribution in [0.4, 0.5) is 5.69 Å². The van der Waals surface area contributed by atoms with Crippen molar-refractivity contribution in [2.24, 2.45) is 0 Å². The van der Waals surface area contributed by atoms with Crippen LogP contribution in [0.15, 0.2) is 46.9 Å².